The highest BCUT2D eigenvalue weighted by molar-refractivity contribution is 5.57. The molecular weight excluding hydrogens is 230 g/mol. The van der Waals surface area contributed by atoms with E-state index >= 15 is 0 Å². The topological polar surface area (TPSA) is 41.9 Å². The molecule has 0 aromatic heterocycles. The number of aliphatic hydroxyl groups is 1. The van der Waals surface area contributed by atoms with E-state index in [2.05, 4.69) is 18.7 Å². The van der Waals surface area contributed by atoms with Crippen molar-refractivity contribution in [3.8, 4) is 11.5 Å². The number of aliphatic hydroxyl groups excluding tert-OH is 1. The standard InChI is InChI=1S/C14H21NO3/c1-10(2)12(9-16)15(3)11-4-5-13-14(8-11)18-7-6-17-13/h4-5,8,10,12,16H,6-7,9H2,1-3H3. The minimum absolute atomic E-state index is 0.104. The SMILES string of the molecule is CC(C)C(CO)N(C)c1ccc2c(c1)OCCO2. The fourth-order valence-corrected chi connectivity index (χ4v) is 2.22. The highest BCUT2D eigenvalue weighted by Crippen LogP contribution is 2.34. The largest absolute Gasteiger partial charge is 0.486 e. The zero-order chi connectivity index (χ0) is 13.1. The van der Waals surface area contributed by atoms with Crippen LogP contribution in [0.2, 0.25) is 0 Å². The molecule has 18 heavy (non-hydrogen) atoms. The highest BCUT2D eigenvalue weighted by atomic mass is 16.6. The maximum atomic E-state index is 9.47. The molecule has 1 aliphatic heterocycles. The third kappa shape index (κ3) is 2.53. The molecule has 0 radical (unpaired) electrons. The molecule has 0 aliphatic carbocycles. The van der Waals surface area contributed by atoms with E-state index in [1.165, 1.54) is 0 Å². The van der Waals surface area contributed by atoms with Crippen molar-refractivity contribution in [2.75, 3.05) is 31.8 Å². The number of likely N-dealkylation sites (N-methyl/N-ethyl adjacent to an activating group) is 1. The molecule has 0 saturated carbocycles. The Morgan fingerprint density at radius 1 is 1.22 bits per heavy atom. The van der Waals surface area contributed by atoms with Gasteiger partial charge in [0.2, 0.25) is 0 Å². The summed E-state index contributed by atoms with van der Waals surface area (Å²) in [4.78, 5) is 2.09. The van der Waals surface area contributed by atoms with Crippen molar-refractivity contribution < 1.29 is 14.6 Å². The number of nitrogens with zero attached hydrogens (tertiary/aromatic N) is 1. The van der Waals surface area contributed by atoms with Crippen LogP contribution < -0.4 is 14.4 Å². The predicted octanol–water partition coefficient (Wildman–Crippen LogP) is 1.91. The van der Waals surface area contributed by atoms with Gasteiger partial charge in [-0.15, -0.1) is 0 Å². The molecule has 1 aliphatic rings. The lowest BCUT2D eigenvalue weighted by molar-refractivity contribution is 0.171. The van der Waals surface area contributed by atoms with Crippen molar-refractivity contribution >= 4 is 5.69 Å². The molecule has 0 fully saturated rings. The van der Waals surface area contributed by atoms with E-state index in [4.69, 9.17) is 9.47 Å². The number of rotatable bonds is 4. The fourth-order valence-electron chi connectivity index (χ4n) is 2.22. The summed E-state index contributed by atoms with van der Waals surface area (Å²) in [6, 6.07) is 6.00. The summed E-state index contributed by atoms with van der Waals surface area (Å²) in [7, 11) is 1.99. The molecular formula is C14H21NO3. The molecule has 1 aromatic carbocycles. The molecule has 4 heteroatoms. The molecule has 4 nitrogen and oxygen atoms in total. The van der Waals surface area contributed by atoms with Crippen molar-refractivity contribution in [1.29, 1.82) is 0 Å². The number of hydrogen-bond acceptors (Lipinski definition) is 4. The Balaban J connectivity index is 2.22. The predicted molar refractivity (Wildman–Crippen MR) is 71.5 cm³/mol. The average molecular weight is 251 g/mol. The van der Waals surface area contributed by atoms with E-state index in [1.54, 1.807) is 0 Å². The summed E-state index contributed by atoms with van der Waals surface area (Å²) >= 11 is 0. The molecule has 1 heterocycles. The van der Waals surface area contributed by atoms with E-state index in [9.17, 15) is 5.11 Å². The molecule has 1 atom stereocenters. The van der Waals surface area contributed by atoms with Crippen LogP contribution in [0.5, 0.6) is 11.5 Å². The van der Waals surface area contributed by atoms with Crippen LogP contribution in [0, 0.1) is 5.92 Å². The van der Waals surface area contributed by atoms with E-state index in [0.29, 0.717) is 19.1 Å². The van der Waals surface area contributed by atoms with Crippen molar-refractivity contribution in [3.05, 3.63) is 18.2 Å². The Morgan fingerprint density at radius 3 is 2.50 bits per heavy atom. The van der Waals surface area contributed by atoms with Crippen molar-refractivity contribution in [3.63, 3.8) is 0 Å². The zero-order valence-corrected chi connectivity index (χ0v) is 11.2. The van der Waals surface area contributed by atoms with Gasteiger partial charge in [0.25, 0.3) is 0 Å². The first-order chi connectivity index (χ1) is 8.63. The summed E-state index contributed by atoms with van der Waals surface area (Å²) in [6.07, 6.45) is 0. The van der Waals surface area contributed by atoms with Gasteiger partial charge in [0.1, 0.15) is 13.2 Å². The Labute approximate surface area is 108 Å². The van der Waals surface area contributed by atoms with Crippen molar-refractivity contribution in [2.24, 2.45) is 5.92 Å². The Morgan fingerprint density at radius 2 is 1.89 bits per heavy atom. The second-order valence-corrected chi connectivity index (χ2v) is 4.93. The van der Waals surface area contributed by atoms with Gasteiger partial charge in [-0.05, 0) is 18.1 Å². The van der Waals surface area contributed by atoms with Crippen LogP contribution in [-0.2, 0) is 0 Å². The first-order valence-electron chi connectivity index (χ1n) is 6.37. The molecule has 0 saturated heterocycles. The van der Waals surface area contributed by atoms with Crippen molar-refractivity contribution in [2.45, 2.75) is 19.9 Å². The van der Waals surface area contributed by atoms with Gasteiger partial charge >= 0.3 is 0 Å². The summed E-state index contributed by atoms with van der Waals surface area (Å²) in [5.41, 5.74) is 1.03. The zero-order valence-electron chi connectivity index (χ0n) is 11.2. The lowest BCUT2D eigenvalue weighted by Crippen LogP contribution is -2.39. The normalized spacial score (nSPS) is 15.6. The van der Waals surface area contributed by atoms with Crippen LogP contribution >= 0.6 is 0 Å². The van der Waals surface area contributed by atoms with E-state index in [1.807, 2.05) is 25.2 Å². The second kappa shape index (κ2) is 5.48. The molecule has 1 unspecified atom stereocenters. The minimum atomic E-state index is 0.104. The van der Waals surface area contributed by atoms with Gasteiger partial charge in [0, 0.05) is 18.8 Å². The highest BCUT2D eigenvalue weighted by Gasteiger charge is 2.20. The summed E-state index contributed by atoms with van der Waals surface area (Å²) in [5, 5.41) is 9.47. The molecule has 1 aromatic rings. The maximum absolute atomic E-state index is 9.47. The first-order valence-corrected chi connectivity index (χ1v) is 6.37. The fraction of sp³-hybridized carbons (Fsp3) is 0.571. The lowest BCUT2D eigenvalue weighted by atomic mass is 10.0. The maximum Gasteiger partial charge on any atom is 0.163 e. The molecule has 0 bridgehead atoms. The van der Waals surface area contributed by atoms with Gasteiger partial charge in [-0.2, -0.15) is 0 Å². The van der Waals surface area contributed by atoms with E-state index in [-0.39, 0.29) is 12.6 Å². The Bertz CT molecular complexity index is 406. The second-order valence-electron chi connectivity index (χ2n) is 4.93. The Hall–Kier alpha value is -1.42. The number of hydrogen-bond donors (Lipinski definition) is 1. The minimum Gasteiger partial charge on any atom is -0.486 e. The number of fused-ring (bicyclic) bond motifs is 1. The summed E-state index contributed by atoms with van der Waals surface area (Å²) < 4.78 is 11.1. The molecule has 0 spiro atoms. The first kappa shape index (κ1) is 13.0. The Kier molecular flexibility index (Phi) is 3.97. The molecule has 1 N–H and O–H groups in total. The van der Waals surface area contributed by atoms with Crippen LogP contribution in [0.4, 0.5) is 5.69 Å². The van der Waals surface area contributed by atoms with E-state index in [0.717, 1.165) is 17.2 Å². The van der Waals surface area contributed by atoms with Crippen LogP contribution in [0.1, 0.15) is 13.8 Å². The van der Waals surface area contributed by atoms with Gasteiger partial charge in [-0.25, -0.2) is 0 Å². The van der Waals surface area contributed by atoms with Gasteiger partial charge < -0.3 is 19.5 Å². The quantitative estimate of drug-likeness (QED) is 0.887. The van der Waals surface area contributed by atoms with Crippen LogP contribution in [0.15, 0.2) is 18.2 Å². The molecule has 100 valence electrons. The van der Waals surface area contributed by atoms with Crippen LogP contribution in [0.25, 0.3) is 0 Å². The molecule has 0 amide bonds. The molecule has 2 rings (SSSR count). The van der Waals surface area contributed by atoms with Crippen molar-refractivity contribution in [1.82, 2.24) is 0 Å². The third-order valence-electron chi connectivity index (χ3n) is 3.39. The number of ether oxygens (including phenoxy) is 2. The smallest absolute Gasteiger partial charge is 0.163 e. The van der Waals surface area contributed by atoms with E-state index < -0.39 is 0 Å². The van der Waals surface area contributed by atoms with Gasteiger partial charge in [0.15, 0.2) is 11.5 Å². The van der Waals surface area contributed by atoms with Gasteiger partial charge in [0.05, 0.1) is 12.6 Å². The van der Waals surface area contributed by atoms with Gasteiger partial charge in [-0.3, -0.25) is 0 Å². The summed E-state index contributed by atoms with van der Waals surface area (Å²) in [6.45, 7) is 5.55. The van der Waals surface area contributed by atoms with Crippen LogP contribution in [0.3, 0.4) is 0 Å². The number of benzene rings is 1. The average Bonchev–Trinajstić information content (AvgIpc) is 2.38. The van der Waals surface area contributed by atoms with Gasteiger partial charge in [-0.1, -0.05) is 13.8 Å². The monoisotopic (exact) mass is 251 g/mol. The summed E-state index contributed by atoms with van der Waals surface area (Å²) in [5.74, 6) is 1.96. The van der Waals surface area contributed by atoms with Crippen LogP contribution in [-0.4, -0.2) is 38.0 Å². The lowest BCUT2D eigenvalue weighted by Gasteiger charge is -2.32. The number of anilines is 1. The third-order valence-corrected chi connectivity index (χ3v) is 3.39.